The van der Waals surface area contributed by atoms with Crippen molar-refractivity contribution in [2.24, 2.45) is 0 Å². The number of amides is 2. The molecule has 2 N–H and O–H groups in total. The average molecular weight is 965 g/mol. The molecule has 2 atom stereocenters. The second-order valence-corrected chi connectivity index (χ2v) is 22.5. The molecule has 0 saturated heterocycles. The molecule has 0 spiro atoms. The van der Waals surface area contributed by atoms with Crippen LogP contribution < -0.4 is 20.1 Å². The summed E-state index contributed by atoms with van der Waals surface area (Å²) in [7, 11) is -7.50. The fourth-order valence-electron chi connectivity index (χ4n) is 6.60. The van der Waals surface area contributed by atoms with Crippen LogP contribution in [0.5, 0.6) is 11.5 Å². The highest BCUT2D eigenvalue weighted by atomic mass is 35.5. The molecule has 8 rings (SSSR count). The van der Waals surface area contributed by atoms with Crippen LogP contribution in [-0.2, 0) is 40.5 Å². The van der Waals surface area contributed by atoms with Crippen molar-refractivity contribution in [2.75, 3.05) is 10.6 Å². The van der Waals surface area contributed by atoms with Gasteiger partial charge in [-0.05, 0) is 98.5 Å². The Morgan fingerprint density at radius 1 is 0.550 bits per heavy atom. The monoisotopic (exact) mass is 962 g/mol. The lowest BCUT2D eigenvalue weighted by molar-refractivity contribution is -0.172. The Morgan fingerprint density at radius 3 is 1.17 bits per heavy atom. The minimum atomic E-state index is -3.75. The highest BCUT2D eigenvalue weighted by Crippen LogP contribution is 2.51. The van der Waals surface area contributed by atoms with Crippen LogP contribution in [0.2, 0.25) is 18.7 Å². The number of hydrogen-bond donors (Lipinski definition) is 2. The maximum atomic E-state index is 15.8. The van der Waals surface area contributed by atoms with Crippen molar-refractivity contribution in [3.63, 3.8) is 0 Å². The van der Waals surface area contributed by atoms with E-state index in [2.05, 4.69) is 20.6 Å². The van der Waals surface area contributed by atoms with Crippen molar-refractivity contribution in [1.29, 1.82) is 0 Å². The third kappa shape index (κ3) is 8.23. The first-order valence-electron chi connectivity index (χ1n) is 18.1. The smallest absolute Gasteiger partial charge is 0.280 e. The van der Waals surface area contributed by atoms with Gasteiger partial charge in [-0.2, -0.15) is 0 Å². The average Bonchev–Trinajstić information content (AvgIpc) is 4.18. The minimum Gasteiger partial charge on any atom is -0.467 e. The van der Waals surface area contributed by atoms with Gasteiger partial charge >= 0.3 is 0 Å². The zero-order valence-corrected chi connectivity index (χ0v) is 37.0. The predicted octanol–water partition coefficient (Wildman–Crippen LogP) is 9.61. The highest BCUT2D eigenvalue weighted by molar-refractivity contribution is 7.92. The largest absolute Gasteiger partial charge is 0.467 e. The SMILES string of the molecule is O=C(Nc1ncc(Cl)s1)C(Oc1ccc(Cl)cc1)(c1ccc(S(=O)(=O)C2CC2)cc1)C(Oc1ccc(Cl)cc1)(C(=O)Nc1ncc(Cl)s1)c1ccc(S(=O)(=O)C2CC2)cc1. The van der Waals surface area contributed by atoms with Gasteiger partial charge < -0.3 is 9.47 Å². The lowest BCUT2D eigenvalue weighted by Crippen LogP contribution is -2.67. The van der Waals surface area contributed by atoms with Crippen molar-refractivity contribution in [3.05, 3.63) is 139 Å². The molecule has 4 aromatic carbocycles. The number of sulfone groups is 2. The molecule has 2 aliphatic rings. The van der Waals surface area contributed by atoms with Crippen LogP contribution in [0.15, 0.2) is 119 Å². The Morgan fingerprint density at radius 2 is 0.883 bits per heavy atom. The van der Waals surface area contributed by atoms with Gasteiger partial charge in [-0.1, -0.05) is 93.3 Å². The van der Waals surface area contributed by atoms with Crippen molar-refractivity contribution < 1.29 is 35.9 Å². The molecule has 0 aliphatic heterocycles. The second-order valence-electron chi connectivity index (χ2n) is 13.9. The van der Waals surface area contributed by atoms with E-state index in [4.69, 9.17) is 55.9 Å². The van der Waals surface area contributed by atoms with Gasteiger partial charge in [0.1, 0.15) is 20.2 Å². The second kappa shape index (κ2) is 16.5. The van der Waals surface area contributed by atoms with Crippen molar-refractivity contribution in [3.8, 4) is 11.5 Å². The van der Waals surface area contributed by atoms with Gasteiger partial charge in [-0.3, -0.25) is 20.2 Å². The first-order valence-corrected chi connectivity index (χ1v) is 24.3. The van der Waals surface area contributed by atoms with E-state index in [1.54, 1.807) is 0 Å². The van der Waals surface area contributed by atoms with Gasteiger partial charge in [0.2, 0.25) is 0 Å². The zero-order valence-electron chi connectivity index (χ0n) is 30.7. The summed E-state index contributed by atoms with van der Waals surface area (Å²) < 4.78 is 68.4. The number of anilines is 2. The first-order chi connectivity index (χ1) is 28.6. The van der Waals surface area contributed by atoms with Crippen LogP contribution in [0, 0.1) is 0 Å². The van der Waals surface area contributed by atoms with E-state index >= 15 is 9.59 Å². The van der Waals surface area contributed by atoms with E-state index in [9.17, 15) is 16.8 Å². The van der Waals surface area contributed by atoms with Crippen LogP contribution in [0.1, 0.15) is 36.8 Å². The molecule has 6 aromatic rings. The summed E-state index contributed by atoms with van der Waals surface area (Å²) in [4.78, 5) is 40.0. The van der Waals surface area contributed by atoms with Crippen LogP contribution in [0.4, 0.5) is 10.3 Å². The molecule has 2 saturated carbocycles. The maximum absolute atomic E-state index is 15.8. The maximum Gasteiger partial charge on any atom is 0.280 e. The summed E-state index contributed by atoms with van der Waals surface area (Å²) in [5, 5.41) is 5.03. The number of benzene rings is 4. The molecule has 60 heavy (non-hydrogen) atoms. The lowest BCUT2D eigenvalue weighted by Gasteiger charge is -2.47. The number of rotatable bonds is 15. The molecule has 2 heterocycles. The van der Waals surface area contributed by atoms with E-state index in [1.165, 1.54) is 109 Å². The minimum absolute atomic E-state index is 0.000364. The Balaban J connectivity index is 1.47. The lowest BCUT2D eigenvalue weighted by atomic mass is 9.71. The summed E-state index contributed by atoms with van der Waals surface area (Å²) in [6, 6.07) is 22.6. The summed E-state index contributed by atoms with van der Waals surface area (Å²) in [5.41, 5.74) is -5.66. The molecule has 310 valence electrons. The summed E-state index contributed by atoms with van der Waals surface area (Å²) in [5.74, 6) is -2.08. The zero-order chi connectivity index (χ0) is 42.5. The van der Waals surface area contributed by atoms with Crippen molar-refractivity contribution in [1.82, 2.24) is 9.97 Å². The van der Waals surface area contributed by atoms with E-state index in [0.717, 1.165) is 22.7 Å². The number of carbonyl (C=O) groups is 2. The van der Waals surface area contributed by atoms with Crippen LogP contribution >= 0.6 is 69.1 Å². The van der Waals surface area contributed by atoms with E-state index < -0.39 is 53.2 Å². The molecular weight excluding hydrogens is 935 g/mol. The normalized spacial score (nSPS) is 16.3. The summed E-state index contributed by atoms with van der Waals surface area (Å²) in [6.45, 7) is 0. The molecule has 2 aliphatic carbocycles. The third-order valence-electron chi connectivity index (χ3n) is 9.81. The number of halogens is 4. The number of thiazole rings is 2. The van der Waals surface area contributed by atoms with Gasteiger partial charge in [-0.15, -0.1) is 0 Å². The Bertz CT molecular complexity index is 2610. The van der Waals surface area contributed by atoms with E-state index in [1.807, 2.05) is 0 Å². The number of hydrogen-bond acceptors (Lipinski definition) is 12. The molecule has 0 radical (unpaired) electrons. The molecular formula is C40H30Cl4N4O8S4. The standard InChI is InChI=1S/C40H30Cl4N4O8S4/c41-25-5-9-27(10-6-25)55-39(35(49)47-37-45-21-33(43)57-37,23-1-13-29(14-2-23)59(51,52)31-17-18-31)40(56-28-11-7-26(42)8-12-28,36(50)48-38-46-22-34(44)58-38)24-3-15-30(16-4-24)60(53,54)32-19-20-32/h1-16,21-22,31-32H,17-20H2,(H,45,47,49)(H,46,48,50). The van der Waals surface area contributed by atoms with Crippen LogP contribution in [0.25, 0.3) is 0 Å². The fraction of sp³-hybridized carbons (Fsp3) is 0.200. The topological polar surface area (TPSA) is 171 Å². The third-order valence-corrected chi connectivity index (χ3v) is 16.9. The summed E-state index contributed by atoms with van der Waals surface area (Å²) in [6.07, 6.45) is 4.62. The van der Waals surface area contributed by atoms with Gasteiger partial charge in [0.25, 0.3) is 23.0 Å². The number of nitrogens with one attached hydrogen (secondary N) is 2. The van der Waals surface area contributed by atoms with Gasteiger partial charge in [-0.25, -0.2) is 26.8 Å². The number of ether oxygens (including phenoxy) is 2. The molecule has 2 fully saturated rings. The van der Waals surface area contributed by atoms with Crippen molar-refractivity contribution >= 4 is 111 Å². The van der Waals surface area contributed by atoms with Gasteiger partial charge in [0, 0.05) is 21.2 Å². The predicted molar refractivity (Wildman–Crippen MR) is 232 cm³/mol. The quantitative estimate of drug-likeness (QED) is 0.101. The van der Waals surface area contributed by atoms with Gasteiger partial charge in [0.05, 0.1) is 32.7 Å². The Labute approximate surface area is 372 Å². The number of aromatic nitrogens is 2. The molecule has 20 heteroatoms. The van der Waals surface area contributed by atoms with Gasteiger partial charge in [0.15, 0.2) is 29.9 Å². The van der Waals surface area contributed by atoms with Crippen LogP contribution in [-0.4, -0.2) is 49.1 Å². The Kier molecular flexibility index (Phi) is 11.7. The number of carbonyl (C=O) groups excluding carboxylic acids is 2. The Hall–Kier alpha value is -4.26. The summed E-state index contributed by atoms with van der Waals surface area (Å²) >= 11 is 27.0. The first kappa shape index (κ1) is 42.4. The van der Waals surface area contributed by atoms with E-state index in [-0.39, 0.29) is 51.4 Å². The number of nitrogens with zero attached hydrogens (tertiary/aromatic N) is 2. The van der Waals surface area contributed by atoms with Crippen LogP contribution in [0.3, 0.4) is 0 Å². The highest BCUT2D eigenvalue weighted by Gasteiger charge is 2.69. The van der Waals surface area contributed by atoms with E-state index in [0.29, 0.717) is 35.7 Å². The fourth-order valence-corrected chi connectivity index (χ4v) is 11.8. The molecule has 2 amide bonds. The molecule has 2 aromatic heterocycles. The molecule has 0 bridgehead atoms. The molecule has 2 unspecified atom stereocenters. The van der Waals surface area contributed by atoms with Crippen molar-refractivity contribution in [2.45, 2.75) is 57.2 Å². The molecule has 12 nitrogen and oxygen atoms in total.